The lowest BCUT2D eigenvalue weighted by Crippen LogP contribution is -2.16. The Labute approximate surface area is 166 Å². The summed E-state index contributed by atoms with van der Waals surface area (Å²) in [5.41, 5.74) is 0.863. The number of nitrogens with zero attached hydrogens (tertiary/aromatic N) is 2. The Balaban J connectivity index is 2.09. The Morgan fingerprint density at radius 3 is 2.57 bits per heavy atom. The van der Waals surface area contributed by atoms with Gasteiger partial charge in [-0.05, 0) is 36.8 Å². The number of pyridine rings is 1. The van der Waals surface area contributed by atoms with E-state index < -0.39 is 35.3 Å². The Morgan fingerprint density at radius 1 is 1.29 bits per heavy atom. The molecule has 148 valence electrons. The van der Waals surface area contributed by atoms with Gasteiger partial charge in [0.1, 0.15) is 40.3 Å². The second-order valence-electron chi connectivity index (χ2n) is 5.88. The van der Waals surface area contributed by atoms with Crippen molar-refractivity contribution in [3.8, 4) is 0 Å². The summed E-state index contributed by atoms with van der Waals surface area (Å²) in [6, 6.07) is 5.99. The molecule has 2 aromatic heterocycles. The monoisotopic (exact) mass is 427 g/mol. The van der Waals surface area contributed by atoms with E-state index in [2.05, 4.69) is 20.3 Å². The smallest absolute Gasteiger partial charge is 0.166 e. The van der Waals surface area contributed by atoms with Crippen LogP contribution < -0.4 is 10.5 Å². The molecule has 5 N–H and O–H groups in total. The van der Waals surface area contributed by atoms with Crippen molar-refractivity contribution in [2.24, 2.45) is 5.14 Å². The first-order chi connectivity index (χ1) is 13.3. The topological polar surface area (TPSA) is 117 Å². The van der Waals surface area contributed by atoms with Crippen LogP contribution in [0.3, 0.4) is 0 Å². The quantitative estimate of drug-likeness (QED) is 0.482. The average molecular weight is 428 g/mol. The summed E-state index contributed by atoms with van der Waals surface area (Å²) < 4.78 is 38.8. The fourth-order valence-electron chi connectivity index (χ4n) is 2.60. The number of aromatic nitrogens is 3. The molecule has 11 heteroatoms. The molecule has 0 bridgehead atoms. The van der Waals surface area contributed by atoms with Crippen LogP contribution in [0.1, 0.15) is 28.8 Å². The highest BCUT2D eigenvalue weighted by Crippen LogP contribution is 2.29. The fraction of sp³-hybridized carbons (Fsp3) is 0.176. The second-order valence-corrected chi connectivity index (χ2v) is 7.26. The van der Waals surface area contributed by atoms with Crippen LogP contribution in [-0.4, -0.2) is 24.3 Å². The zero-order valence-electron chi connectivity index (χ0n) is 14.5. The van der Waals surface area contributed by atoms with Gasteiger partial charge in [-0.1, -0.05) is 17.7 Å². The van der Waals surface area contributed by atoms with Gasteiger partial charge >= 0.3 is 0 Å². The number of rotatable bonds is 6. The number of halogens is 3. The third-order valence-electron chi connectivity index (χ3n) is 3.97. The molecule has 0 aliphatic rings. The first-order valence-electron chi connectivity index (χ1n) is 8.00. The zero-order chi connectivity index (χ0) is 20.4. The van der Waals surface area contributed by atoms with Gasteiger partial charge in [0, 0.05) is 0 Å². The van der Waals surface area contributed by atoms with E-state index in [1.54, 1.807) is 0 Å². The molecule has 1 aromatic carbocycles. The van der Waals surface area contributed by atoms with Gasteiger partial charge in [0.25, 0.3) is 0 Å². The molecule has 0 fully saturated rings. The van der Waals surface area contributed by atoms with Crippen molar-refractivity contribution >= 4 is 28.4 Å². The van der Waals surface area contributed by atoms with Crippen LogP contribution in [0.25, 0.3) is 0 Å². The van der Waals surface area contributed by atoms with Gasteiger partial charge < -0.3 is 15.4 Å². The first-order valence-corrected chi connectivity index (χ1v) is 9.59. The van der Waals surface area contributed by atoms with Crippen LogP contribution in [0.5, 0.6) is 0 Å². The molecule has 0 spiro atoms. The van der Waals surface area contributed by atoms with Gasteiger partial charge in [0.2, 0.25) is 0 Å². The van der Waals surface area contributed by atoms with Crippen molar-refractivity contribution in [1.29, 1.82) is 0 Å². The molecule has 3 rings (SSSR count). The Kier molecular flexibility index (Phi) is 6.04. The predicted molar refractivity (Wildman–Crippen MR) is 101 cm³/mol. The lowest BCUT2D eigenvalue weighted by molar-refractivity contribution is 0.274. The average Bonchev–Trinajstić information content (AvgIpc) is 3.09. The number of anilines is 1. The van der Waals surface area contributed by atoms with E-state index in [4.69, 9.17) is 16.7 Å². The number of aliphatic hydroxyl groups excluding tert-OH is 1. The molecular weight excluding hydrogens is 412 g/mol. The number of aliphatic hydroxyl groups is 1. The Hall–Kier alpha value is -2.40. The highest BCUT2D eigenvalue weighted by Gasteiger charge is 2.23. The SMILES string of the molecule is Cc1nc(NC(c2ccc(F)c(Cl)c2)c2nc(S(N)=O)c(CO)[nH]2)ccc1F. The minimum Gasteiger partial charge on any atom is -0.390 e. The lowest BCUT2D eigenvalue weighted by atomic mass is 10.1. The molecule has 0 radical (unpaired) electrons. The number of aryl methyl sites for hydroxylation is 1. The zero-order valence-corrected chi connectivity index (χ0v) is 16.1. The number of H-pyrrole nitrogens is 1. The maximum Gasteiger partial charge on any atom is 0.166 e. The number of nitrogens with two attached hydrogens (primary N) is 1. The maximum atomic E-state index is 13.6. The number of nitrogens with one attached hydrogen (secondary N) is 2. The summed E-state index contributed by atoms with van der Waals surface area (Å²) in [7, 11) is -1.94. The summed E-state index contributed by atoms with van der Waals surface area (Å²) in [5.74, 6) is -0.501. The van der Waals surface area contributed by atoms with Gasteiger partial charge in [0.15, 0.2) is 5.03 Å². The van der Waals surface area contributed by atoms with Gasteiger partial charge in [-0.25, -0.2) is 28.1 Å². The van der Waals surface area contributed by atoms with Crippen molar-refractivity contribution in [3.05, 3.63) is 69.8 Å². The van der Waals surface area contributed by atoms with Crippen molar-refractivity contribution in [2.75, 3.05) is 5.32 Å². The molecule has 2 unspecified atom stereocenters. The van der Waals surface area contributed by atoms with Crippen molar-refractivity contribution in [3.63, 3.8) is 0 Å². The van der Waals surface area contributed by atoms with Crippen LogP contribution in [0.2, 0.25) is 5.02 Å². The van der Waals surface area contributed by atoms with E-state index in [1.807, 2.05) is 0 Å². The molecule has 2 atom stereocenters. The van der Waals surface area contributed by atoms with Crippen LogP contribution in [0.4, 0.5) is 14.6 Å². The molecule has 3 aromatic rings. The fourth-order valence-corrected chi connectivity index (χ4v) is 3.33. The third kappa shape index (κ3) is 4.20. The highest BCUT2D eigenvalue weighted by atomic mass is 35.5. The molecule has 2 heterocycles. The number of benzene rings is 1. The van der Waals surface area contributed by atoms with Crippen LogP contribution in [-0.2, 0) is 17.6 Å². The predicted octanol–water partition coefficient (Wildman–Crippen LogP) is 2.72. The van der Waals surface area contributed by atoms with Crippen LogP contribution in [0.15, 0.2) is 35.4 Å². The van der Waals surface area contributed by atoms with Gasteiger partial charge in [0.05, 0.1) is 23.0 Å². The summed E-state index contributed by atoms with van der Waals surface area (Å²) in [5, 5.41) is 17.8. The molecule has 0 aliphatic carbocycles. The molecule has 28 heavy (non-hydrogen) atoms. The normalized spacial score (nSPS) is 13.4. The van der Waals surface area contributed by atoms with E-state index in [0.717, 1.165) is 0 Å². The Morgan fingerprint density at radius 2 is 2.00 bits per heavy atom. The van der Waals surface area contributed by atoms with Crippen molar-refractivity contribution < 1.29 is 18.1 Å². The van der Waals surface area contributed by atoms with Gasteiger partial charge in [-0.15, -0.1) is 0 Å². The van der Waals surface area contributed by atoms with Crippen LogP contribution >= 0.6 is 11.6 Å². The van der Waals surface area contributed by atoms with Crippen LogP contribution in [0, 0.1) is 18.6 Å². The number of hydrogen-bond donors (Lipinski definition) is 4. The Bertz CT molecular complexity index is 1050. The molecule has 0 saturated heterocycles. The summed E-state index contributed by atoms with van der Waals surface area (Å²) in [6.45, 7) is 1.05. The number of aromatic amines is 1. The first kappa shape index (κ1) is 20.3. The third-order valence-corrected chi connectivity index (χ3v) is 4.98. The van der Waals surface area contributed by atoms with E-state index in [0.29, 0.717) is 11.4 Å². The second kappa shape index (κ2) is 8.31. The van der Waals surface area contributed by atoms with Gasteiger partial charge in [-0.2, -0.15) is 0 Å². The number of hydrogen-bond acceptors (Lipinski definition) is 5. The molecule has 7 nitrogen and oxygen atoms in total. The largest absolute Gasteiger partial charge is 0.390 e. The summed E-state index contributed by atoms with van der Waals surface area (Å²) >= 11 is 5.90. The summed E-state index contributed by atoms with van der Waals surface area (Å²) in [6.07, 6.45) is 0. The van der Waals surface area contributed by atoms with E-state index >= 15 is 0 Å². The molecular formula is C17H16ClF2N5O2S. The highest BCUT2D eigenvalue weighted by molar-refractivity contribution is 7.82. The van der Waals surface area contributed by atoms with Crippen molar-refractivity contribution in [2.45, 2.75) is 24.6 Å². The van der Waals surface area contributed by atoms with Crippen molar-refractivity contribution in [1.82, 2.24) is 15.0 Å². The lowest BCUT2D eigenvalue weighted by Gasteiger charge is -2.19. The summed E-state index contributed by atoms with van der Waals surface area (Å²) in [4.78, 5) is 11.2. The maximum absolute atomic E-state index is 13.6. The molecule has 0 aliphatic heterocycles. The molecule has 0 amide bonds. The van der Waals surface area contributed by atoms with E-state index in [1.165, 1.54) is 37.3 Å². The van der Waals surface area contributed by atoms with E-state index in [9.17, 15) is 18.1 Å². The van der Waals surface area contributed by atoms with Gasteiger partial charge in [-0.3, -0.25) is 0 Å². The minimum absolute atomic E-state index is 0.0132. The minimum atomic E-state index is -1.94. The standard InChI is InChI=1S/C17H16ClF2N5O2S/c1-8-11(19)4-5-14(22-8)24-15(9-2-3-12(20)10(18)6-9)16-23-13(7-26)17(25-16)28(21)27/h2-6,15,26H,7,21H2,1H3,(H,22,24)(H,23,25). The number of imidazole rings is 1. The van der Waals surface area contributed by atoms with E-state index in [-0.39, 0.29) is 27.3 Å². The molecule has 0 saturated carbocycles.